The van der Waals surface area contributed by atoms with Crippen molar-refractivity contribution in [3.05, 3.63) is 24.3 Å². The van der Waals surface area contributed by atoms with E-state index < -0.39 is 0 Å². The second kappa shape index (κ2) is 8.58. The summed E-state index contributed by atoms with van der Waals surface area (Å²) in [7, 11) is 1.37. The summed E-state index contributed by atoms with van der Waals surface area (Å²) in [5.41, 5.74) is 0.781. The molecule has 0 radical (unpaired) electrons. The van der Waals surface area contributed by atoms with Gasteiger partial charge in [-0.1, -0.05) is 13.3 Å². The van der Waals surface area contributed by atoms with E-state index in [2.05, 4.69) is 17.0 Å². The summed E-state index contributed by atoms with van der Waals surface area (Å²) in [5, 5.41) is 2.84. The van der Waals surface area contributed by atoms with Crippen molar-refractivity contribution >= 4 is 29.3 Å². The van der Waals surface area contributed by atoms with Gasteiger partial charge in [0.05, 0.1) is 12.9 Å². The van der Waals surface area contributed by atoms with Crippen LogP contribution < -0.4 is 5.32 Å². The molecule has 5 heteroatoms. The molecular formula is C14H19NO3S. The molecule has 0 unspecified atom stereocenters. The average Bonchev–Trinajstić information content (AvgIpc) is 2.44. The maximum absolute atomic E-state index is 11.5. The van der Waals surface area contributed by atoms with E-state index in [1.165, 1.54) is 18.9 Å². The van der Waals surface area contributed by atoms with E-state index in [0.29, 0.717) is 12.2 Å². The highest BCUT2D eigenvalue weighted by Crippen LogP contribution is 2.20. The maximum Gasteiger partial charge on any atom is 0.315 e. The van der Waals surface area contributed by atoms with Crippen molar-refractivity contribution in [1.82, 2.24) is 0 Å². The lowest BCUT2D eigenvalue weighted by Crippen LogP contribution is -2.10. The summed E-state index contributed by atoms with van der Waals surface area (Å²) in [5.74, 6) is 0.0809. The minimum absolute atomic E-state index is 0.0387. The van der Waals surface area contributed by atoms with Crippen molar-refractivity contribution in [3.8, 4) is 0 Å². The van der Waals surface area contributed by atoms with Gasteiger partial charge in [-0.05, 0) is 30.7 Å². The molecule has 19 heavy (non-hydrogen) atoms. The summed E-state index contributed by atoms with van der Waals surface area (Å²) in [6.07, 6.45) is 2.46. The van der Waals surface area contributed by atoms with E-state index in [0.717, 1.165) is 23.4 Å². The van der Waals surface area contributed by atoms with Crippen LogP contribution in [0, 0.1) is 0 Å². The largest absolute Gasteiger partial charge is 0.468 e. The Balaban J connectivity index is 2.43. The molecule has 0 aliphatic heterocycles. The van der Waals surface area contributed by atoms with Gasteiger partial charge in [-0.25, -0.2) is 0 Å². The first kappa shape index (κ1) is 15.6. The summed E-state index contributed by atoms with van der Waals surface area (Å²) < 4.78 is 4.57. The number of ether oxygens (including phenoxy) is 1. The van der Waals surface area contributed by atoms with E-state index in [-0.39, 0.29) is 11.9 Å². The Bertz CT molecular complexity index is 417. The van der Waals surface area contributed by atoms with Crippen LogP contribution in [0.3, 0.4) is 0 Å². The van der Waals surface area contributed by atoms with Gasteiger partial charge in [0.25, 0.3) is 0 Å². The Hall–Kier alpha value is -1.49. The van der Waals surface area contributed by atoms with Crippen molar-refractivity contribution < 1.29 is 14.3 Å². The number of carbonyl (C=O) groups is 2. The number of unbranched alkanes of at least 4 members (excludes halogenated alkanes) is 1. The van der Waals surface area contributed by atoms with Gasteiger partial charge in [0.15, 0.2) is 0 Å². The molecule has 0 bridgehead atoms. The number of nitrogens with one attached hydrogen (secondary N) is 1. The van der Waals surface area contributed by atoms with Gasteiger partial charge in [-0.2, -0.15) is 0 Å². The Morgan fingerprint density at radius 2 is 1.95 bits per heavy atom. The standard InChI is InChI=1S/C14H19NO3S/c1-3-4-5-13(16)15-11-6-8-12(9-7-11)19-10-14(17)18-2/h6-9H,3-5,10H2,1-2H3,(H,15,16). The fraction of sp³-hybridized carbons (Fsp3) is 0.429. The summed E-state index contributed by atoms with van der Waals surface area (Å²) in [6.45, 7) is 2.06. The Kier molecular flexibility index (Phi) is 7.03. The molecule has 4 nitrogen and oxygen atoms in total. The maximum atomic E-state index is 11.5. The van der Waals surface area contributed by atoms with Crippen LogP contribution in [-0.4, -0.2) is 24.7 Å². The van der Waals surface area contributed by atoms with Crippen LogP contribution in [0.5, 0.6) is 0 Å². The van der Waals surface area contributed by atoms with Crippen LogP contribution in [0.4, 0.5) is 5.69 Å². The minimum atomic E-state index is -0.248. The molecule has 0 aromatic heterocycles. The Morgan fingerprint density at radius 3 is 2.53 bits per heavy atom. The van der Waals surface area contributed by atoms with Gasteiger partial charge in [0, 0.05) is 17.0 Å². The van der Waals surface area contributed by atoms with Crippen LogP contribution in [0.15, 0.2) is 29.2 Å². The fourth-order valence-corrected chi connectivity index (χ4v) is 2.13. The zero-order valence-corrected chi connectivity index (χ0v) is 12.1. The molecule has 1 aromatic carbocycles. The number of hydrogen-bond donors (Lipinski definition) is 1. The normalized spacial score (nSPS) is 10.0. The zero-order valence-electron chi connectivity index (χ0n) is 11.3. The molecule has 0 aliphatic carbocycles. The second-order valence-corrected chi connectivity index (χ2v) is 5.09. The number of amides is 1. The van der Waals surface area contributed by atoms with Gasteiger partial charge >= 0.3 is 5.97 Å². The molecule has 1 N–H and O–H groups in total. The number of esters is 1. The van der Waals surface area contributed by atoms with E-state index in [1.54, 1.807) is 0 Å². The number of thioether (sulfide) groups is 1. The van der Waals surface area contributed by atoms with Crippen molar-refractivity contribution in [1.29, 1.82) is 0 Å². The van der Waals surface area contributed by atoms with E-state index in [1.807, 2.05) is 24.3 Å². The Labute approximate surface area is 117 Å². The number of hydrogen-bond acceptors (Lipinski definition) is 4. The number of benzene rings is 1. The molecule has 0 aliphatic rings. The summed E-state index contributed by atoms with van der Waals surface area (Å²) >= 11 is 1.41. The zero-order chi connectivity index (χ0) is 14.1. The average molecular weight is 281 g/mol. The molecule has 0 saturated carbocycles. The molecule has 104 valence electrons. The van der Waals surface area contributed by atoms with Crippen LogP contribution >= 0.6 is 11.8 Å². The molecule has 1 amide bonds. The van der Waals surface area contributed by atoms with Gasteiger partial charge in [-0.3, -0.25) is 9.59 Å². The third-order valence-electron chi connectivity index (χ3n) is 2.48. The number of methoxy groups -OCH3 is 1. The third-order valence-corrected chi connectivity index (χ3v) is 3.47. The van der Waals surface area contributed by atoms with E-state index in [4.69, 9.17) is 0 Å². The van der Waals surface area contributed by atoms with Gasteiger partial charge < -0.3 is 10.1 Å². The smallest absolute Gasteiger partial charge is 0.315 e. The SMILES string of the molecule is CCCCC(=O)Nc1ccc(SCC(=O)OC)cc1. The monoisotopic (exact) mass is 281 g/mol. The molecule has 0 heterocycles. The lowest BCUT2D eigenvalue weighted by atomic mass is 10.2. The molecular weight excluding hydrogens is 262 g/mol. The highest BCUT2D eigenvalue weighted by atomic mass is 32.2. The highest BCUT2D eigenvalue weighted by Gasteiger charge is 2.04. The molecule has 1 aromatic rings. The van der Waals surface area contributed by atoms with Crippen LogP contribution in [0.25, 0.3) is 0 Å². The second-order valence-electron chi connectivity index (χ2n) is 4.04. The van der Waals surface area contributed by atoms with Crippen LogP contribution in [-0.2, 0) is 14.3 Å². The van der Waals surface area contributed by atoms with Crippen molar-refractivity contribution in [2.45, 2.75) is 31.1 Å². The van der Waals surface area contributed by atoms with Gasteiger partial charge in [0.1, 0.15) is 0 Å². The van der Waals surface area contributed by atoms with Crippen molar-refractivity contribution in [2.75, 3.05) is 18.2 Å². The molecule has 1 rings (SSSR count). The minimum Gasteiger partial charge on any atom is -0.468 e. The first-order valence-corrected chi connectivity index (χ1v) is 7.23. The van der Waals surface area contributed by atoms with Crippen LogP contribution in [0.2, 0.25) is 0 Å². The summed E-state index contributed by atoms with van der Waals surface area (Å²) in [4.78, 5) is 23.5. The fourth-order valence-electron chi connectivity index (χ4n) is 1.40. The van der Waals surface area contributed by atoms with Crippen molar-refractivity contribution in [2.24, 2.45) is 0 Å². The first-order chi connectivity index (χ1) is 9.15. The van der Waals surface area contributed by atoms with Gasteiger partial charge in [0.2, 0.25) is 5.91 Å². The summed E-state index contributed by atoms with van der Waals surface area (Å²) in [6, 6.07) is 7.43. The third kappa shape index (κ3) is 6.29. The molecule has 0 atom stereocenters. The van der Waals surface area contributed by atoms with Crippen LogP contribution in [0.1, 0.15) is 26.2 Å². The lowest BCUT2D eigenvalue weighted by molar-refractivity contribution is -0.137. The predicted octanol–water partition coefficient (Wildman–Crippen LogP) is 3.08. The van der Waals surface area contributed by atoms with Crippen molar-refractivity contribution in [3.63, 3.8) is 0 Å². The number of carbonyl (C=O) groups excluding carboxylic acids is 2. The predicted molar refractivity (Wildman–Crippen MR) is 77.3 cm³/mol. The molecule has 0 fully saturated rings. The number of rotatable bonds is 7. The Morgan fingerprint density at radius 1 is 1.26 bits per heavy atom. The van der Waals surface area contributed by atoms with E-state index >= 15 is 0 Å². The first-order valence-electron chi connectivity index (χ1n) is 6.25. The highest BCUT2D eigenvalue weighted by molar-refractivity contribution is 8.00. The van der Waals surface area contributed by atoms with Gasteiger partial charge in [-0.15, -0.1) is 11.8 Å². The molecule has 0 spiro atoms. The quantitative estimate of drug-likeness (QED) is 0.616. The number of anilines is 1. The topological polar surface area (TPSA) is 55.4 Å². The lowest BCUT2D eigenvalue weighted by Gasteiger charge is -2.06. The van der Waals surface area contributed by atoms with E-state index in [9.17, 15) is 9.59 Å². The molecule has 0 saturated heterocycles.